The predicted molar refractivity (Wildman–Crippen MR) is 61.1 cm³/mol. The summed E-state index contributed by atoms with van der Waals surface area (Å²) in [6, 6.07) is 3.62. The highest BCUT2D eigenvalue weighted by atomic mass is 32.2. The summed E-state index contributed by atoms with van der Waals surface area (Å²) in [6.07, 6.45) is 6.15. The van der Waals surface area contributed by atoms with Crippen LogP contribution in [0.3, 0.4) is 0 Å². The molecule has 80 valence electrons. The molecule has 1 saturated carbocycles. The number of rotatable bonds is 4. The number of pyridine rings is 1. The number of amides is 1. The lowest BCUT2D eigenvalue weighted by Crippen LogP contribution is -2.26. The van der Waals surface area contributed by atoms with E-state index >= 15 is 0 Å². The zero-order chi connectivity index (χ0) is 10.7. The van der Waals surface area contributed by atoms with Crippen LogP contribution in [-0.2, 0) is 0 Å². The van der Waals surface area contributed by atoms with Crippen molar-refractivity contribution >= 4 is 17.7 Å². The van der Waals surface area contributed by atoms with Gasteiger partial charge in [-0.25, -0.2) is 4.98 Å². The molecule has 1 aromatic rings. The summed E-state index contributed by atoms with van der Waals surface area (Å²) in [5, 5.41) is 3.74. The predicted octanol–water partition coefficient (Wildman–Crippen LogP) is 1.94. The Hall–Kier alpha value is -1.03. The highest BCUT2D eigenvalue weighted by molar-refractivity contribution is 7.98. The van der Waals surface area contributed by atoms with E-state index in [1.165, 1.54) is 24.6 Å². The summed E-state index contributed by atoms with van der Waals surface area (Å²) >= 11 is 1.50. The molecular formula is C11H14N2OS. The third-order valence-corrected chi connectivity index (χ3v) is 3.17. The van der Waals surface area contributed by atoms with Crippen LogP contribution < -0.4 is 5.32 Å². The van der Waals surface area contributed by atoms with Crippen LogP contribution in [-0.4, -0.2) is 23.7 Å². The Balaban J connectivity index is 2.02. The number of carbonyl (C=O) groups excluding carboxylic acids is 1. The average molecular weight is 222 g/mol. The lowest BCUT2D eigenvalue weighted by Gasteiger charge is -2.06. The van der Waals surface area contributed by atoms with Crippen molar-refractivity contribution in [2.75, 3.05) is 12.8 Å². The van der Waals surface area contributed by atoms with Crippen LogP contribution in [0.25, 0.3) is 0 Å². The van der Waals surface area contributed by atoms with Gasteiger partial charge >= 0.3 is 0 Å². The number of nitrogens with zero attached hydrogens (tertiary/aromatic N) is 1. The molecule has 1 heterocycles. The standard InChI is InChI=1S/C11H14N2OS/c1-15-11-9(3-2-6-12-11)10(14)13-7-8-4-5-8/h2-3,6,8H,4-5,7H2,1H3,(H,13,14). The van der Waals surface area contributed by atoms with Crippen LogP contribution in [0, 0.1) is 5.92 Å². The van der Waals surface area contributed by atoms with E-state index in [0.29, 0.717) is 11.5 Å². The number of aromatic nitrogens is 1. The van der Waals surface area contributed by atoms with Crippen molar-refractivity contribution in [3.8, 4) is 0 Å². The van der Waals surface area contributed by atoms with Gasteiger partial charge in [-0.15, -0.1) is 11.8 Å². The summed E-state index contributed by atoms with van der Waals surface area (Å²) in [6.45, 7) is 0.807. The molecule has 0 bridgehead atoms. The van der Waals surface area contributed by atoms with Crippen molar-refractivity contribution in [2.45, 2.75) is 17.9 Å². The summed E-state index contributed by atoms with van der Waals surface area (Å²) < 4.78 is 0. The van der Waals surface area contributed by atoms with Gasteiger partial charge in [-0.3, -0.25) is 4.79 Å². The van der Waals surface area contributed by atoms with Crippen LogP contribution in [0.5, 0.6) is 0 Å². The van der Waals surface area contributed by atoms with Crippen LogP contribution in [0.1, 0.15) is 23.2 Å². The molecule has 0 aliphatic heterocycles. The van der Waals surface area contributed by atoms with E-state index in [0.717, 1.165) is 11.6 Å². The Kier molecular flexibility index (Phi) is 3.26. The van der Waals surface area contributed by atoms with Gasteiger partial charge in [0.05, 0.1) is 5.56 Å². The van der Waals surface area contributed by atoms with Crippen LogP contribution in [0.4, 0.5) is 0 Å². The van der Waals surface area contributed by atoms with Gasteiger partial charge < -0.3 is 5.32 Å². The van der Waals surface area contributed by atoms with E-state index in [1.54, 1.807) is 12.3 Å². The van der Waals surface area contributed by atoms with Crippen LogP contribution in [0.2, 0.25) is 0 Å². The van der Waals surface area contributed by atoms with Gasteiger partial charge in [-0.2, -0.15) is 0 Å². The summed E-state index contributed by atoms with van der Waals surface area (Å²) in [7, 11) is 0. The van der Waals surface area contributed by atoms with E-state index in [9.17, 15) is 4.79 Å². The Morgan fingerprint density at radius 2 is 2.47 bits per heavy atom. The van der Waals surface area contributed by atoms with Gasteiger partial charge in [0.25, 0.3) is 5.91 Å². The van der Waals surface area contributed by atoms with Crippen molar-refractivity contribution < 1.29 is 4.79 Å². The molecular weight excluding hydrogens is 208 g/mol. The molecule has 3 nitrogen and oxygen atoms in total. The van der Waals surface area contributed by atoms with Crippen molar-refractivity contribution in [3.63, 3.8) is 0 Å². The number of thioether (sulfide) groups is 1. The summed E-state index contributed by atoms with van der Waals surface area (Å²) in [5.74, 6) is 0.711. The number of nitrogens with one attached hydrogen (secondary N) is 1. The minimum absolute atomic E-state index is 0.000602. The molecule has 0 radical (unpaired) electrons. The smallest absolute Gasteiger partial charge is 0.254 e. The van der Waals surface area contributed by atoms with Crippen molar-refractivity contribution in [1.82, 2.24) is 10.3 Å². The van der Waals surface area contributed by atoms with E-state index in [4.69, 9.17) is 0 Å². The normalized spacial score (nSPS) is 15.0. The Morgan fingerprint density at radius 3 is 3.13 bits per heavy atom. The van der Waals surface area contributed by atoms with Gasteiger partial charge in [-0.1, -0.05) is 0 Å². The third kappa shape index (κ3) is 2.72. The minimum Gasteiger partial charge on any atom is -0.352 e. The average Bonchev–Trinajstić information content (AvgIpc) is 3.09. The topological polar surface area (TPSA) is 42.0 Å². The monoisotopic (exact) mass is 222 g/mol. The minimum atomic E-state index is -0.000602. The maximum Gasteiger partial charge on any atom is 0.254 e. The second-order valence-electron chi connectivity index (χ2n) is 3.71. The van der Waals surface area contributed by atoms with E-state index in [-0.39, 0.29) is 5.91 Å². The molecule has 2 rings (SSSR count). The Morgan fingerprint density at radius 1 is 1.67 bits per heavy atom. The zero-order valence-corrected chi connectivity index (χ0v) is 9.51. The highest BCUT2D eigenvalue weighted by Crippen LogP contribution is 2.27. The molecule has 1 aliphatic carbocycles. The number of hydrogen-bond donors (Lipinski definition) is 1. The molecule has 1 fully saturated rings. The number of hydrogen-bond acceptors (Lipinski definition) is 3. The lowest BCUT2D eigenvalue weighted by atomic mass is 10.2. The highest BCUT2D eigenvalue weighted by Gasteiger charge is 2.22. The molecule has 0 saturated heterocycles. The van der Waals surface area contributed by atoms with Gasteiger partial charge in [0.1, 0.15) is 5.03 Å². The Labute approximate surface area is 93.7 Å². The molecule has 0 atom stereocenters. The van der Waals surface area contributed by atoms with Crippen molar-refractivity contribution in [1.29, 1.82) is 0 Å². The quantitative estimate of drug-likeness (QED) is 0.792. The zero-order valence-electron chi connectivity index (χ0n) is 8.69. The number of carbonyl (C=O) groups is 1. The van der Waals surface area contributed by atoms with E-state index in [2.05, 4.69) is 10.3 Å². The molecule has 1 aliphatic rings. The first kappa shape index (κ1) is 10.5. The molecule has 0 unspecified atom stereocenters. The second-order valence-corrected chi connectivity index (χ2v) is 4.51. The molecule has 15 heavy (non-hydrogen) atoms. The first-order valence-electron chi connectivity index (χ1n) is 5.08. The van der Waals surface area contributed by atoms with Gasteiger partial charge in [-0.05, 0) is 37.1 Å². The van der Waals surface area contributed by atoms with Crippen LogP contribution in [0.15, 0.2) is 23.4 Å². The van der Waals surface area contributed by atoms with Crippen molar-refractivity contribution in [2.24, 2.45) is 5.92 Å². The second kappa shape index (κ2) is 4.66. The molecule has 0 spiro atoms. The van der Waals surface area contributed by atoms with Gasteiger partial charge in [0.2, 0.25) is 0 Å². The van der Waals surface area contributed by atoms with Crippen molar-refractivity contribution in [3.05, 3.63) is 23.9 Å². The fourth-order valence-corrected chi connectivity index (χ4v) is 1.93. The first-order chi connectivity index (χ1) is 7.31. The fraction of sp³-hybridized carbons (Fsp3) is 0.455. The maximum atomic E-state index is 11.8. The summed E-state index contributed by atoms with van der Waals surface area (Å²) in [5.41, 5.74) is 0.686. The first-order valence-corrected chi connectivity index (χ1v) is 6.31. The third-order valence-electron chi connectivity index (χ3n) is 2.46. The molecule has 4 heteroatoms. The Bertz CT molecular complexity index is 363. The molecule has 1 amide bonds. The fourth-order valence-electron chi connectivity index (χ4n) is 1.38. The maximum absolute atomic E-state index is 11.8. The lowest BCUT2D eigenvalue weighted by molar-refractivity contribution is 0.0948. The summed E-state index contributed by atoms with van der Waals surface area (Å²) in [4.78, 5) is 16.0. The molecule has 0 aromatic carbocycles. The van der Waals surface area contributed by atoms with Crippen LogP contribution >= 0.6 is 11.8 Å². The molecule has 1 N–H and O–H groups in total. The largest absolute Gasteiger partial charge is 0.352 e. The van der Waals surface area contributed by atoms with E-state index in [1.807, 2.05) is 12.3 Å². The van der Waals surface area contributed by atoms with Gasteiger partial charge in [0.15, 0.2) is 0 Å². The SMILES string of the molecule is CSc1ncccc1C(=O)NCC1CC1. The molecule has 1 aromatic heterocycles. The van der Waals surface area contributed by atoms with Gasteiger partial charge in [0, 0.05) is 12.7 Å². The van der Waals surface area contributed by atoms with E-state index < -0.39 is 0 Å².